The molecule has 5 nitrogen and oxygen atoms in total. The molecule has 0 unspecified atom stereocenters. The van der Waals surface area contributed by atoms with Gasteiger partial charge in [-0.2, -0.15) is 0 Å². The molecule has 0 spiro atoms. The molecule has 0 saturated carbocycles. The van der Waals surface area contributed by atoms with Gasteiger partial charge in [0.1, 0.15) is 5.82 Å². The van der Waals surface area contributed by atoms with Crippen LogP contribution in [0.4, 0.5) is 15.8 Å². The monoisotopic (exact) mass is 288 g/mol. The van der Waals surface area contributed by atoms with E-state index in [2.05, 4.69) is 5.32 Å². The van der Waals surface area contributed by atoms with Crippen molar-refractivity contribution >= 4 is 17.3 Å². The molecule has 3 rings (SSSR count). The second-order valence-electron chi connectivity index (χ2n) is 4.76. The molecule has 0 saturated heterocycles. The molecule has 1 amide bonds. The standard InChI is InChI=1S/C15H13FN2O3/c1-8-2-9(4-10(16)3-8)15(19)18-12-6-14-13(5-11(12)17)20-7-21-14/h2-6H,7,17H2,1H3,(H,18,19). The molecule has 3 N–H and O–H groups in total. The first-order valence-corrected chi connectivity index (χ1v) is 6.30. The van der Waals surface area contributed by atoms with Gasteiger partial charge in [-0.25, -0.2) is 4.39 Å². The lowest BCUT2D eigenvalue weighted by atomic mass is 10.1. The normalized spacial score (nSPS) is 12.3. The van der Waals surface area contributed by atoms with Crippen molar-refractivity contribution in [3.8, 4) is 11.5 Å². The van der Waals surface area contributed by atoms with Crippen molar-refractivity contribution in [2.75, 3.05) is 17.8 Å². The van der Waals surface area contributed by atoms with E-state index in [1.54, 1.807) is 25.1 Å². The number of hydrogen-bond donors (Lipinski definition) is 2. The highest BCUT2D eigenvalue weighted by Crippen LogP contribution is 2.38. The third-order valence-corrected chi connectivity index (χ3v) is 3.10. The van der Waals surface area contributed by atoms with E-state index in [1.807, 2.05) is 0 Å². The molecule has 0 atom stereocenters. The summed E-state index contributed by atoms with van der Waals surface area (Å²) >= 11 is 0. The summed E-state index contributed by atoms with van der Waals surface area (Å²) < 4.78 is 23.8. The molecule has 2 aromatic carbocycles. The molecule has 0 bridgehead atoms. The minimum Gasteiger partial charge on any atom is -0.454 e. The SMILES string of the molecule is Cc1cc(F)cc(C(=O)Nc2cc3c(cc2N)OCO3)c1. The molecule has 0 aromatic heterocycles. The number of carbonyl (C=O) groups excluding carboxylic acids is 1. The number of halogens is 1. The van der Waals surface area contributed by atoms with Crippen molar-refractivity contribution in [2.24, 2.45) is 0 Å². The molecular weight excluding hydrogens is 275 g/mol. The number of anilines is 2. The van der Waals surface area contributed by atoms with Gasteiger partial charge < -0.3 is 20.5 Å². The second-order valence-corrected chi connectivity index (χ2v) is 4.76. The molecule has 1 heterocycles. The summed E-state index contributed by atoms with van der Waals surface area (Å²) in [5, 5.41) is 2.64. The number of carbonyl (C=O) groups is 1. The van der Waals surface area contributed by atoms with E-state index in [1.165, 1.54) is 12.1 Å². The van der Waals surface area contributed by atoms with E-state index >= 15 is 0 Å². The second kappa shape index (κ2) is 4.97. The summed E-state index contributed by atoms with van der Waals surface area (Å²) in [4.78, 5) is 12.2. The van der Waals surface area contributed by atoms with Crippen LogP contribution in [0, 0.1) is 12.7 Å². The fourth-order valence-corrected chi connectivity index (χ4v) is 2.13. The number of hydrogen-bond acceptors (Lipinski definition) is 4. The summed E-state index contributed by atoms with van der Waals surface area (Å²) in [6.07, 6.45) is 0. The maximum atomic E-state index is 13.3. The Hall–Kier alpha value is -2.76. The Bertz CT molecular complexity index is 711. The highest BCUT2D eigenvalue weighted by molar-refractivity contribution is 6.06. The van der Waals surface area contributed by atoms with Crippen LogP contribution in [-0.4, -0.2) is 12.7 Å². The lowest BCUT2D eigenvalue weighted by Crippen LogP contribution is -2.13. The molecule has 21 heavy (non-hydrogen) atoms. The van der Waals surface area contributed by atoms with E-state index in [4.69, 9.17) is 15.2 Å². The van der Waals surface area contributed by atoms with Crippen LogP contribution in [0.1, 0.15) is 15.9 Å². The van der Waals surface area contributed by atoms with Gasteiger partial charge in [0.15, 0.2) is 11.5 Å². The van der Waals surface area contributed by atoms with Gasteiger partial charge in [-0.1, -0.05) is 0 Å². The maximum Gasteiger partial charge on any atom is 0.255 e. The first-order chi connectivity index (χ1) is 10.0. The van der Waals surface area contributed by atoms with E-state index in [0.29, 0.717) is 28.4 Å². The molecule has 108 valence electrons. The van der Waals surface area contributed by atoms with Gasteiger partial charge >= 0.3 is 0 Å². The van der Waals surface area contributed by atoms with Crippen LogP contribution >= 0.6 is 0 Å². The number of rotatable bonds is 2. The Balaban J connectivity index is 1.88. The number of ether oxygens (including phenoxy) is 2. The molecule has 0 radical (unpaired) electrons. The first-order valence-electron chi connectivity index (χ1n) is 6.30. The fourth-order valence-electron chi connectivity index (χ4n) is 2.13. The molecule has 0 aliphatic carbocycles. The summed E-state index contributed by atoms with van der Waals surface area (Å²) in [5.41, 5.74) is 7.49. The average Bonchev–Trinajstić information content (AvgIpc) is 2.85. The predicted octanol–water partition coefficient (Wildman–Crippen LogP) is 2.70. The largest absolute Gasteiger partial charge is 0.454 e. The zero-order valence-corrected chi connectivity index (χ0v) is 11.3. The van der Waals surface area contributed by atoms with Gasteiger partial charge in [0.2, 0.25) is 6.79 Å². The maximum absolute atomic E-state index is 13.3. The van der Waals surface area contributed by atoms with Crippen molar-refractivity contribution < 1.29 is 18.7 Å². The fraction of sp³-hybridized carbons (Fsp3) is 0.133. The summed E-state index contributed by atoms with van der Waals surface area (Å²) in [6.45, 7) is 1.84. The van der Waals surface area contributed by atoms with Crippen LogP contribution < -0.4 is 20.5 Å². The first kappa shape index (κ1) is 13.2. The number of benzene rings is 2. The van der Waals surface area contributed by atoms with Crippen molar-refractivity contribution in [2.45, 2.75) is 6.92 Å². The molecule has 1 aliphatic heterocycles. The number of nitrogen functional groups attached to an aromatic ring is 1. The van der Waals surface area contributed by atoms with Crippen molar-refractivity contribution in [1.29, 1.82) is 0 Å². The van der Waals surface area contributed by atoms with Gasteiger partial charge in [-0.05, 0) is 30.7 Å². The number of amides is 1. The smallest absolute Gasteiger partial charge is 0.255 e. The third-order valence-electron chi connectivity index (χ3n) is 3.10. The molecule has 0 fully saturated rings. The van der Waals surface area contributed by atoms with Crippen LogP contribution in [-0.2, 0) is 0 Å². The third kappa shape index (κ3) is 2.60. The predicted molar refractivity (Wildman–Crippen MR) is 76.1 cm³/mol. The molecule has 6 heteroatoms. The highest BCUT2D eigenvalue weighted by Gasteiger charge is 2.18. The molecule has 1 aliphatic rings. The van der Waals surface area contributed by atoms with Crippen LogP contribution in [0.2, 0.25) is 0 Å². The van der Waals surface area contributed by atoms with E-state index in [0.717, 1.165) is 0 Å². The summed E-state index contributed by atoms with van der Waals surface area (Å²) in [6, 6.07) is 7.29. The van der Waals surface area contributed by atoms with Crippen LogP contribution in [0.3, 0.4) is 0 Å². The zero-order chi connectivity index (χ0) is 15.0. The number of fused-ring (bicyclic) bond motifs is 1. The number of nitrogens with two attached hydrogens (primary N) is 1. The van der Waals surface area contributed by atoms with Gasteiger partial charge in [0, 0.05) is 17.7 Å². The minimum absolute atomic E-state index is 0.120. The lowest BCUT2D eigenvalue weighted by molar-refractivity contribution is 0.102. The Morgan fingerprint density at radius 2 is 1.90 bits per heavy atom. The minimum atomic E-state index is -0.459. The van der Waals surface area contributed by atoms with Crippen molar-refractivity contribution in [3.63, 3.8) is 0 Å². The molecular formula is C15H13FN2O3. The highest BCUT2D eigenvalue weighted by atomic mass is 19.1. The van der Waals surface area contributed by atoms with Crippen molar-refractivity contribution in [1.82, 2.24) is 0 Å². The van der Waals surface area contributed by atoms with E-state index < -0.39 is 11.7 Å². The van der Waals surface area contributed by atoms with Gasteiger partial charge in [-0.15, -0.1) is 0 Å². The van der Waals surface area contributed by atoms with Gasteiger partial charge in [-0.3, -0.25) is 4.79 Å². The van der Waals surface area contributed by atoms with Crippen LogP contribution in [0.25, 0.3) is 0 Å². The topological polar surface area (TPSA) is 73.6 Å². The Kier molecular flexibility index (Phi) is 3.13. The van der Waals surface area contributed by atoms with Crippen LogP contribution in [0.15, 0.2) is 30.3 Å². The molecule has 2 aromatic rings. The summed E-state index contributed by atoms with van der Waals surface area (Å²) in [7, 11) is 0. The van der Waals surface area contributed by atoms with Gasteiger partial charge in [0.25, 0.3) is 5.91 Å². The Morgan fingerprint density at radius 3 is 2.62 bits per heavy atom. The number of nitrogens with one attached hydrogen (secondary N) is 1. The lowest BCUT2D eigenvalue weighted by Gasteiger charge is -2.10. The Labute approximate surface area is 120 Å². The quantitative estimate of drug-likeness (QED) is 0.833. The van der Waals surface area contributed by atoms with E-state index in [9.17, 15) is 9.18 Å². The average molecular weight is 288 g/mol. The zero-order valence-electron chi connectivity index (χ0n) is 11.3. The van der Waals surface area contributed by atoms with Crippen molar-refractivity contribution in [3.05, 3.63) is 47.3 Å². The Morgan fingerprint density at radius 1 is 1.19 bits per heavy atom. The number of aryl methyl sites for hydroxylation is 1. The van der Waals surface area contributed by atoms with Crippen LogP contribution in [0.5, 0.6) is 11.5 Å². The summed E-state index contributed by atoms with van der Waals surface area (Å²) in [5.74, 6) is 0.143. The van der Waals surface area contributed by atoms with E-state index in [-0.39, 0.29) is 12.4 Å². The van der Waals surface area contributed by atoms with Gasteiger partial charge in [0.05, 0.1) is 11.4 Å².